The Morgan fingerprint density at radius 3 is 2.87 bits per heavy atom. The van der Waals surface area contributed by atoms with E-state index in [-0.39, 0.29) is 6.79 Å². The molecule has 6 heteroatoms. The smallest absolute Gasteiger partial charge is 0.231 e. The van der Waals surface area contributed by atoms with E-state index in [4.69, 9.17) is 9.47 Å². The third-order valence-corrected chi connectivity index (χ3v) is 4.56. The van der Waals surface area contributed by atoms with Crippen molar-refractivity contribution in [3.63, 3.8) is 0 Å². The van der Waals surface area contributed by atoms with E-state index in [2.05, 4.69) is 25.8 Å². The summed E-state index contributed by atoms with van der Waals surface area (Å²) >= 11 is 1.66. The average molecular weight is 321 g/mol. The van der Waals surface area contributed by atoms with Gasteiger partial charge in [-0.3, -0.25) is 9.38 Å². The quantitative estimate of drug-likeness (QED) is 0.562. The molecule has 1 aromatic carbocycles. The fourth-order valence-corrected chi connectivity index (χ4v) is 3.37. The van der Waals surface area contributed by atoms with E-state index >= 15 is 0 Å². The first-order chi connectivity index (χ1) is 11.4. The zero-order chi connectivity index (χ0) is 15.2. The van der Waals surface area contributed by atoms with Crippen molar-refractivity contribution in [3.8, 4) is 34.0 Å². The number of fused-ring (bicyclic) bond motifs is 2. The minimum Gasteiger partial charge on any atom is -0.454 e. The Balaban J connectivity index is 1.68. The zero-order valence-electron chi connectivity index (χ0n) is 12.0. The molecule has 0 N–H and O–H groups in total. The van der Waals surface area contributed by atoms with Gasteiger partial charge in [-0.1, -0.05) is 0 Å². The Morgan fingerprint density at radius 2 is 1.96 bits per heavy atom. The Bertz CT molecular complexity index is 1010. The van der Waals surface area contributed by atoms with Gasteiger partial charge < -0.3 is 9.47 Å². The first-order valence-electron chi connectivity index (χ1n) is 7.14. The van der Waals surface area contributed by atoms with E-state index in [0.717, 1.165) is 39.7 Å². The van der Waals surface area contributed by atoms with E-state index in [1.54, 1.807) is 17.5 Å². The Morgan fingerprint density at radius 1 is 1.00 bits per heavy atom. The second-order valence-electron chi connectivity index (χ2n) is 5.22. The van der Waals surface area contributed by atoms with Crippen LogP contribution in [0.4, 0.5) is 0 Å². The standard InChI is InChI=1S/C17H11N3O2S/c1-2-15-16(22-10-21-15)5-11(1)14-6-19-17-7-18-13(8-20(14)17)12-3-4-23-9-12/h1-9H,10H2. The predicted molar refractivity (Wildman–Crippen MR) is 87.9 cm³/mol. The second-order valence-corrected chi connectivity index (χ2v) is 6.00. The van der Waals surface area contributed by atoms with Gasteiger partial charge >= 0.3 is 0 Å². The van der Waals surface area contributed by atoms with Crippen LogP contribution in [0.3, 0.4) is 0 Å². The number of hydrogen-bond donors (Lipinski definition) is 0. The van der Waals surface area contributed by atoms with E-state index in [0.29, 0.717) is 0 Å². The molecule has 0 unspecified atom stereocenters. The monoisotopic (exact) mass is 321 g/mol. The second kappa shape index (κ2) is 4.82. The first kappa shape index (κ1) is 12.7. The summed E-state index contributed by atoms with van der Waals surface area (Å²) in [6.07, 6.45) is 5.67. The van der Waals surface area contributed by atoms with Crippen LogP contribution in [0.2, 0.25) is 0 Å². The fourth-order valence-electron chi connectivity index (χ4n) is 2.72. The summed E-state index contributed by atoms with van der Waals surface area (Å²) in [6.45, 7) is 0.276. The van der Waals surface area contributed by atoms with Crippen molar-refractivity contribution in [2.75, 3.05) is 6.79 Å². The van der Waals surface area contributed by atoms with E-state index in [9.17, 15) is 0 Å². The summed E-state index contributed by atoms with van der Waals surface area (Å²) in [7, 11) is 0. The van der Waals surface area contributed by atoms with Gasteiger partial charge in [-0.2, -0.15) is 11.3 Å². The van der Waals surface area contributed by atoms with Crippen molar-refractivity contribution in [1.29, 1.82) is 0 Å². The van der Waals surface area contributed by atoms with Crippen LogP contribution in [0.1, 0.15) is 0 Å². The van der Waals surface area contributed by atoms with E-state index in [1.165, 1.54) is 0 Å². The summed E-state index contributed by atoms with van der Waals surface area (Å²) in [5.74, 6) is 1.55. The van der Waals surface area contributed by atoms with Gasteiger partial charge in [0.25, 0.3) is 0 Å². The maximum absolute atomic E-state index is 5.47. The van der Waals surface area contributed by atoms with Crippen molar-refractivity contribution < 1.29 is 9.47 Å². The molecule has 0 bridgehead atoms. The number of benzene rings is 1. The third-order valence-electron chi connectivity index (χ3n) is 3.88. The van der Waals surface area contributed by atoms with Gasteiger partial charge in [-0.25, -0.2) is 4.98 Å². The molecule has 0 saturated heterocycles. The van der Waals surface area contributed by atoms with Crippen molar-refractivity contribution in [2.45, 2.75) is 0 Å². The van der Waals surface area contributed by atoms with Crippen LogP contribution in [0.25, 0.3) is 28.2 Å². The summed E-state index contributed by atoms with van der Waals surface area (Å²) < 4.78 is 12.9. The molecule has 112 valence electrons. The highest BCUT2D eigenvalue weighted by atomic mass is 32.1. The number of nitrogens with zero attached hydrogens (tertiary/aromatic N) is 3. The van der Waals surface area contributed by atoms with E-state index in [1.807, 2.05) is 36.0 Å². The minimum absolute atomic E-state index is 0.276. The number of aromatic nitrogens is 3. The van der Waals surface area contributed by atoms with Gasteiger partial charge in [0, 0.05) is 22.7 Å². The first-order valence-corrected chi connectivity index (χ1v) is 8.08. The van der Waals surface area contributed by atoms with Gasteiger partial charge in [0.15, 0.2) is 17.1 Å². The molecular formula is C17H11N3O2S. The molecule has 0 atom stereocenters. The summed E-state index contributed by atoms with van der Waals surface area (Å²) in [6, 6.07) is 7.99. The Labute approximate surface area is 135 Å². The van der Waals surface area contributed by atoms with Crippen molar-refractivity contribution in [1.82, 2.24) is 14.4 Å². The summed E-state index contributed by atoms with van der Waals surface area (Å²) in [5, 5.41) is 4.14. The van der Waals surface area contributed by atoms with Crippen LogP contribution in [0.15, 0.2) is 53.6 Å². The number of hydrogen-bond acceptors (Lipinski definition) is 5. The topological polar surface area (TPSA) is 48.7 Å². The molecular weight excluding hydrogens is 310 g/mol. The normalized spacial score (nSPS) is 12.9. The van der Waals surface area contributed by atoms with Crippen LogP contribution in [-0.4, -0.2) is 21.2 Å². The molecule has 0 spiro atoms. The van der Waals surface area contributed by atoms with Gasteiger partial charge in [0.1, 0.15) is 0 Å². The van der Waals surface area contributed by atoms with Gasteiger partial charge in [0.2, 0.25) is 6.79 Å². The molecule has 1 aliphatic rings. The zero-order valence-corrected chi connectivity index (χ0v) is 12.8. The lowest BCUT2D eigenvalue weighted by molar-refractivity contribution is 0.174. The molecule has 0 aliphatic carbocycles. The SMILES string of the molecule is c1cc(-c2cn3c(-c4ccc5c(c4)OCO5)cnc3cn2)cs1. The molecule has 4 heterocycles. The largest absolute Gasteiger partial charge is 0.454 e. The third kappa shape index (κ3) is 1.99. The summed E-state index contributed by atoms with van der Waals surface area (Å²) in [4.78, 5) is 8.93. The lowest BCUT2D eigenvalue weighted by Gasteiger charge is -2.05. The highest BCUT2D eigenvalue weighted by Crippen LogP contribution is 2.36. The molecule has 4 aromatic rings. The molecule has 0 amide bonds. The van der Waals surface area contributed by atoms with Crippen molar-refractivity contribution in [2.24, 2.45) is 0 Å². The fraction of sp³-hybridized carbons (Fsp3) is 0.0588. The highest BCUT2D eigenvalue weighted by molar-refractivity contribution is 7.08. The van der Waals surface area contributed by atoms with E-state index < -0.39 is 0 Å². The number of imidazole rings is 1. The Hall–Kier alpha value is -2.86. The van der Waals surface area contributed by atoms with Crippen molar-refractivity contribution in [3.05, 3.63) is 53.6 Å². The Kier molecular flexibility index (Phi) is 2.65. The molecule has 1 aliphatic heterocycles. The average Bonchev–Trinajstić information content (AvgIpc) is 3.32. The molecule has 5 nitrogen and oxygen atoms in total. The van der Waals surface area contributed by atoms with Gasteiger partial charge in [-0.15, -0.1) is 0 Å². The van der Waals surface area contributed by atoms with Crippen molar-refractivity contribution >= 4 is 17.0 Å². The number of thiophene rings is 1. The molecule has 0 radical (unpaired) electrons. The maximum atomic E-state index is 5.47. The minimum atomic E-state index is 0.276. The van der Waals surface area contributed by atoms with Crippen LogP contribution in [-0.2, 0) is 0 Å². The van der Waals surface area contributed by atoms with Crippen LogP contribution in [0, 0.1) is 0 Å². The number of rotatable bonds is 2. The molecule has 5 rings (SSSR count). The molecule has 0 saturated carbocycles. The van der Waals surface area contributed by atoms with Crippen LogP contribution < -0.4 is 9.47 Å². The lowest BCUT2D eigenvalue weighted by Crippen LogP contribution is -1.93. The van der Waals surface area contributed by atoms with Crippen LogP contribution >= 0.6 is 11.3 Å². The molecule has 3 aromatic heterocycles. The highest BCUT2D eigenvalue weighted by Gasteiger charge is 2.16. The van der Waals surface area contributed by atoms with Gasteiger partial charge in [-0.05, 0) is 29.6 Å². The predicted octanol–water partition coefficient (Wildman–Crippen LogP) is 3.85. The molecule has 23 heavy (non-hydrogen) atoms. The maximum Gasteiger partial charge on any atom is 0.231 e. The number of ether oxygens (including phenoxy) is 2. The molecule has 0 fully saturated rings. The van der Waals surface area contributed by atoms with Gasteiger partial charge in [0.05, 0.1) is 23.8 Å². The lowest BCUT2D eigenvalue weighted by atomic mass is 10.1. The van der Waals surface area contributed by atoms with Crippen LogP contribution in [0.5, 0.6) is 11.5 Å². The summed E-state index contributed by atoms with van der Waals surface area (Å²) in [5.41, 5.74) is 4.89.